The first-order chi connectivity index (χ1) is 12.5. The van der Waals surface area contributed by atoms with Crippen LogP contribution in [-0.2, 0) is 0 Å². The predicted octanol–water partition coefficient (Wildman–Crippen LogP) is 4.66. The monoisotopic (exact) mass is 363 g/mol. The fraction of sp³-hybridized carbons (Fsp3) is 0.0526. The topological polar surface area (TPSA) is 77.5 Å². The molecular weight excluding hydrogens is 350 g/mol. The number of rotatable bonds is 4. The lowest BCUT2D eigenvalue weighted by Crippen LogP contribution is -1.95. The van der Waals surface area contributed by atoms with Crippen molar-refractivity contribution in [3.05, 3.63) is 80.9 Å². The van der Waals surface area contributed by atoms with Gasteiger partial charge in [0.1, 0.15) is 0 Å². The molecule has 0 amide bonds. The van der Waals surface area contributed by atoms with Gasteiger partial charge in [0.2, 0.25) is 0 Å². The molecule has 0 radical (unpaired) electrons. The molecule has 128 valence electrons. The average Bonchev–Trinajstić information content (AvgIpc) is 3.16. The Labute approximate surface area is 152 Å². The third-order valence-corrected chi connectivity index (χ3v) is 5.30. The van der Waals surface area contributed by atoms with E-state index in [0.717, 1.165) is 27.3 Å². The Bertz CT molecular complexity index is 1190. The molecule has 0 unspecified atom stereocenters. The predicted molar refractivity (Wildman–Crippen MR) is 102 cm³/mol. The smallest absolute Gasteiger partial charge is 0.269 e. The highest BCUT2D eigenvalue weighted by Crippen LogP contribution is 2.28. The number of hydrogen-bond acceptors (Lipinski definition) is 5. The summed E-state index contributed by atoms with van der Waals surface area (Å²) in [5.74, 6) is -0.111. The fourth-order valence-corrected chi connectivity index (χ4v) is 3.91. The number of nitrogens with zero attached hydrogens (tertiary/aromatic N) is 3. The maximum absolute atomic E-state index is 12.6. The summed E-state index contributed by atoms with van der Waals surface area (Å²) in [6, 6.07) is 13.9. The second-order valence-electron chi connectivity index (χ2n) is 5.78. The number of allylic oxidation sites excluding steroid dienone is 1. The van der Waals surface area contributed by atoms with Crippen molar-refractivity contribution in [1.82, 2.24) is 9.38 Å². The van der Waals surface area contributed by atoms with Crippen molar-refractivity contribution < 1.29 is 9.72 Å². The molecule has 0 aliphatic heterocycles. The van der Waals surface area contributed by atoms with Gasteiger partial charge in [-0.05, 0) is 42.8 Å². The normalized spacial score (nSPS) is 11.6. The number of imidazole rings is 1. The lowest BCUT2D eigenvalue weighted by molar-refractivity contribution is -0.384. The van der Waals surface area contributed by atoms with E-state index >= 15 is 0 Å². The van der Waals surface area contributed by atoms with Crippen molar-refractivity contribution in [3.8, 4) is 0 Å². The summed E-state index contributed by atoms with van der Waals surface area (Å²) in [6.07, 6.45) is 3.15. The Balaban J connectivity index is 1.65. The van der Waals surface area contributed by atoms with E-state index in [9.17, 15) is 14.9 Å². The first-order valence-electron chi connectivity index (χ1n) is 7.88. The summed E-state index contributed by atoms with van der Waals surface area (Å²) in [6.45, 7) is 1.91. The molecule has 4 aromatic rings. The number of aromatic nitrogens is 2. The van der Waals surface area contributed by atoms with Gasteiger partial charge < -0.3 is 0 Å². The number of aryl methyl sites for hydroxylation is 1. The van der Waals surface area contributed by atoms with Crippen LogP contribution in [0.3, 0.4) is 0 Å². The molecule has 0 saturated heterocycles. The van der Waals surface area contributed by atoms with Crippen molar-refractivity contribution in [2.75, 3.05) is 0 Å². The molecule has 2 heterocycles. The van der Waals surface area contributed by atoms with Crippen molar-refractivity contribution >= 4 is 44.9 Å². The number of hydrogen-bond donors (Lipinski definition) is 0. The zero-order chi connectivity index (χ0) is 18.3. The molecule has 0 aliphatic rings. The number of carbonyl (C=O) groups excluding carboxylic acids is 1. The van der Waals surface area contributed by atoms with E-state index in [-0.39, 0.29) is 11.5 Å². The van der Waals surface area contributed by atoms with Crippen LogP contribution >= 0.6 is 11.3 Å². The molecule has 2 aromatic carbocycles. The van der Waals surface area contributed by atoms with Gasteiger partial charge in [-0.3, -0.25) is 19.3 Å². The van der Waals surface area contributed by atoms with Gasteiger partial charge in [-0.1, -0.05) is 29.5 Å². The molecule has 0 aliphatic carbocycles. The van der Waals surface area contributed by atoms with Crippen LogP contribution in [0.4, 0.5) is 5.69 Å². The summed E-state index contributed by atoms with van der Waals surface area (Å²) < 4.78 is 1.99. The maximum Gasteiger partial charge on any atom is 0.269 e. The minimum Gasteiger partial charge on any atom is -0.288 e. The molecule has 0 atom stereocenters. The highest BCUT2D eigenvalue weighted by molar-refractivity contribution is 7.19. The number of fused-ring (bicyclic) bond motifs is 3. The molecule has 0 saturated carbocycles. The molecular formula is C19H13N3O3S. The van der Waals surface area contributed by atoms with E-state index in [1.165, 1.54) is 29.5 Å². The summed E-state index contributed by atoms with van der Waals surface area (Å²) in [4.78, 5) is 28.8. The molecule has 26 heavy (non-hydrogen) atoms. The Morgan fingerprint density at radius 2 is 1.92 bits per heavy atom. The largest absolute Gasteiger partial charge is 0.288 e. The van der Waals surface area contributed by atoms with E-state index in [2.05, 4.69) is 4.98 Å². The Morgan fingerprint density at radius 3 is 2.65 bits per heavy atom. The molecule has 4 rings (SSSR count). The van der Waals surface area contributed by atoms with Crippen LogP contribution in [0.15, 0.2) is 54.6 Å². The van der Waals surface area contributed by atoms with Gasteiger partial charge >= 0.3 is 0 Å². The van der Waals surface area contributed by atoms with Crippen molar-refractivity contribution in [2.45, 2.75) is 6.92 Å². The SMILES string of the molecule is Cc1c(C(=O)/C=C/c2ccc([N+](=O)[O-])cc2)sc2nc3ccccc3n12. The lowest BCUT2D eigenvalue weighted by atomic mass is 10.1. The molecule has 0 fully saturated rings. The number of nitro benzene ring substituents is 1. The quantitative estimate of drug-likeness (QED) is 0.229. The zero-order valence-electron chi connectivity index (χ0n) is 13.7. The molecule has 6 nitrogen and oxygen atoms in total. The molecule has 7 heteroatoms. The lowest BCUT2D eigenvalue weighted by Gasteiger charge is -1.97. The van der Waals surface area contributed by atoms with Crippen LogP contribution in [0.25, 0.3) is 22.1 Å². The van der Waals surface area contributed by atoms with Crippen LogP contribution in [0.2, 0.25) is 0 Å². The van der Waals surface area contributed by atoms with Crippen LogP contribution < -0.4 is 0 Å². The van der Waals surface area contributed by atoms with Crippen molar-refractivity contribution in [2.24, 2.45) is 0 Å². The molecule has 0 spiro atoms. The third-order valence-electron chi connectivity index (χ3n) is 4.14. The van der Waals surface area contributed by atoms with Gasteiger partial charge in [-0.15, -0.1) is 0 Å². The number of benzene rings is 2. The van der Waals surface area contributed by atoms with Crippen LogP contribution in [0.5, 0.6) is 0 Å². The number of ketones is 1. The first kappa shape index (κ1) is 16.2. The van der Waals surface area contributed by atoms with Crippen LogP contribution in [0, 0.1) is 17.0 Å². The van der Waals surface area contributed by atoms with E-state index in [4.69, 9.17) is 0 Å². The summed E-state index contributed by atoms with van der Waals surface area (Å²) in [5.41, 5.74) is 3.50. The van der Waals surface area contributed by atoms with Crippen LogP contribution in [-0.4, -0.2) is 20.1 Å². The second kappa shape index (κ2) is 6.20. The Kier molecular flexibility index (Phi) is 3.85. The highest BCUT2D eigenvalue weighted by atomic mass is 32.1. The zero-order valence-corrected chi connectivity index (χ0v) is 14.6. The van der Waals surface area contributed by atoms with Crippen molar-refractivity contribution in [1.29, 1.82) is 0 Å². The number of nitro groups is 1. The van der Waals surface area contributed by atoms with Gasteiger partial charge in [-0.2, -0.15) is 0 Å². The summed E-state index contributed by atoms with van der Waals surface area (Å²) >= 11 is 1.36. The Hall–Kier alpha value is -3.32. The second-order valence-corrected chi connectivity index (χ2v) is 6.76. The van der Waals surface area contributed by atoms with Gasteiger partial charge in [0.15, 0.2) is 10.7 Å². The minimum absolute atomic E-state index is 0.0238. The van der Waals surface area contributed by atoms with Gasteiger partial charge in [0.25, 0.3) is 5.69 Å². The van der Waals surface area contributed by atoms with Gasteiger partial charge in [-0.25, -0.2) is 4.98 Å². The number of non-ortho nitro benzene ring substituents is 1. The van der Waals surface area contributed by atoms with E-state index in [1.807, 2.05) is 35.6 Å². The fourth-order valence-electron chi connectivity index (χ4n) is 2.85. The first-order valence-corrected chi connectivity index (χ1v) is 8.70. The number of thiazole rings is 1. The standard InChI is InChI=1S/C19H13N3O3S/c1-12-18(26-19-20-15-4-2-3-5-16(15)21(12)19)17(23)11-8-13-6-9-14(10-7-13)22(24)25/h2-11H,1H3/b11-8+. The van der Waals surface area contributed by atoms with Crippen LogP contribution in [0.1, 0.15) is 20.9 Å². The van der Waals surface area contributed by atoms with Gasteiger partial charge in [0, 0.05) is 17.8 Å². The molecule has 0 bridgehead atoms. The summed E-state index contributed by atoms with van der Waals surface area (Å²) in [7, 11) is 0. The third kappa shape index (κ3) is 2.68. The van der Waals surface area contributed by atoms with Crippen molar-refractivity contribution in [3.63, 3.8) is 0 Å². The average molecular weight is 363 g/mol. The minimum atomic E-state index is -0.451. The van der Waals surface area contributed by atoms with E-state index < -0.39 is 4.92 Å². The van der Waals surface area contributed by atoms with E-state index in [0.29, 0.717) is 4.88 Å². The highest BCUT2D eigenvalue weighted by Gasteiger charge is 2.17. The molecule has 2 aromatic heterocycles. The maximum atomic E-state index is 12.6. The van der Waals surface area contributed by atoms with E-state index in [1.54, 1.807) is 18.2 Å². The number of carbonyl (C=O) groups is 1. The summed E-state index contributed by atoms with van der Waals surface area (Å²) in [5, 5.41) is 10.7. The number of para-hydroxylation sites is 2. The Morgan fingerprint density at radius 1 is 1.19 bits per heavy atom. The molecule has 0 N–H and O–H groups in total. The van der Waals surface area contributed by atoms with Gasteiger partial charge in [0.05, 0.1) is 20.8 Å².